The van der Waals surface area contributed by atoms with Crippen molar-refractivity contribution in [1.82, 2.24) is 14.9 Å². The van der Waals surface area contributed by atoms with E-state index in [0.717, 1.165) is 43.3 Å². The van der Waals surface area contributed by atoms with Crippen LogP contribution >= 0.6 is 11.8 Å². The van der Waals surface area contributed by atoms with Crippen molar-refractivity contribution in [2.75, 3.05) is 18.8 Å². The van der Waals surface area contributed by atoms with E-state index in [2.05, 4.69) is 38.8 Å². The smallest absolute Gasteiger partial charge is 0.138 e. The van der Waals surface area contributed by atoms with Gasteiger partial charge in [0.15, 0.2) is 0 Å². The van der Waals surface area contributed by atoms with E-state index in [9.17, 15) is 0 Å². The second-order valence-electron chi connectivity index (χ2n) is 6.09. The summed E-state index contributed by atoms with van der Waals surface area (Å²) in [7, 11) is 0. The minimum absolute atomic E-state index is 0.311. The molecule has 2 aromatic rings. The molecule has 4 rings (SSSR count). The topological polar surface area (TPSA) is 38.2 Å². The quantitative estimate of drug-likeness (QED) is 0.867. The molecule has 0 aliphatic carbocycles. The van der Waals surface area contributed by atoms with Gasteiger partial charge in [-0.3, -0.25) is 14.9 Å². The Balaban J connectivity index is 1.29. The van der Waals surface area contributed by atoms with E-state index in [1.165, 1.54) is 0 Å². The van der Waals surface area contributed by atoms with E-state index in [1.807, 2.05) is 24.4 Å². The molecule has 4 nitrogen and oxygen atoms in total. The molecule has 2 aromatic heterocycles. The lowest BCUT2D eigenvalue weighted by Gasteiger charge is -2.47. The van der Waals surface area contributed by atoms with E-state index >= 15 is 0 Å². The minimum atomic E-state index is 0.311. The van der Waals surface area contributed by atoms with Crippen LogP contribution in [0.25, 0.3) is 0 Å². The molecule has 0 N–H and O–H groups in total. The Morgan fingerprint density at radius 2 is 2.18 bits per heavy atom. The van der Waals surface area contributed by atoms with Gasteiger partial charge in [0.25, 0.3) is 0 Å². The van der Waals surface area contributed by atoms with Gasteiger partial charge < -0.3 is 4.74 Å². The van der Waals surface area contributed by atoms with Gasteiger partial charge in [0.05, 0.1) is 11.9 Å². The van der Waals surface area contributed by atoms with E-state index < -0.39 is 0 Å². The number of aromatic nitrogens is 2. The second kappa shape index (κ2) is 5.89. The molecular formula is C17H19N3OS. The van der Waals surface area contributed by atoms with Crippen LogP contribution in [0.3, 0.4) is 0 Å². The van der Waals surface area contributed by atoms with Crippen LogP contribution in [-0.2, 0) is 6.54 Å². The van der Waals surface area contributed by atoms with E-state index in [0.29, 0.717) is 10.9 Å². The van der Waals surface area contributed by atoms with Gasteiger partial charge in [-0.15, -0.1) is 11.8 Å². The number of pyridine rings is 2. The summed E-state index contributed by atoms with van der Waals surface area (Å²) in [5.74, 6) is 1.96. The zero-order valence-corrected chi connectivity index (χ0v) is 13.2. The Morgan fingerprint density at radius 1 is 1.23 bits per heavy atom. The maximum atomic E-state index is 6.05. The molecule has 0 bridgehead atoms. The highest BCUT2D eigenvalue weighted by Gasteiger charge is 2.49. The molecule has 2 saturated heterocycles. The SMILES string of the molecule is c1ccc(CN2CC3(C[C@@H](Oc4cccnc4)CS3)C2)nc1. The van der Waals surface area contributed by atoms with Crippen molar-refractivity contribution in [1.29, 1.82) is 0 Å². The fraction of sp³-hybridized carbons (Fsp3) is 0.412. The van der Waals surface area contributed by atoms with E-state index in [1.54, 1.807) is 12.4 Å². The molecule has 1 atom stereocenters. The largest absolute Gasteiger partial charge is 0.488 e. The second-order valence-corrected chi connectivity index (χ2v) is 7.58. The Hall–Kier alpha value is -1.59. The third-order valence-corrected chi connectivity index (χ3v) is 5.82. The summed E-state index contributed by atoms with van der Waals surface area (Å²) in [5.41, 5.74) is 1.16. The Bertz CT molecular complexity index is 616. The number of hydrogen-bond acceptors (Lipinski definition) is 5. The molecule has 1 spiro atoms. The number of hydrogen-bond donors (Lipinski definition) is 0. The van der Waals surface area contributed by atoms with Gasteiger partial charge in [-0.05, 0) is 24.3 Å². The molecule has 0 amide bonds. The average molecular weight is 313 g/mol. The predicted molar refractivity (Wildman–Crippen MR) is 88.0 cm³/mol. The Labute approximate surface area is 134 Å². The first kappa shape index (κ1) is 14.0. The first-order chi connectivity index (χ1) is 10.8. The summed E-state index contributed by atoms with van der Waals surface area (Å²) < 4.78 is 6.44. The van der Waals surface area contributed by atoms with Gasteiger partial charge in [0.1, 0.15) is 11.9 Å². The van der Waals surface area contributed by atoms with Gasteiger partial charge in [0, 0.05) is 48.9 Å². The zero-order chi connectivity index (χ0) is 14.8. The van der Waals surface area contributed by atoms with Crippen LogP contribution in [0.4, 0.5) is 0 Å². The number of thioether (sulfide) groups is 1. The third kappa shape index (κ3) is 2.96. The van der Waals surface area contributed by atoms with Crippen molar-refractivity contribution < 1.29 is 4.74 Å². The molecule has 2 fully saturated rings. The summed E-state index contributed by atoms with van der Waals surface area (Å²) in [5, 5.41) is 0. The van der Waals surface area contributed by atoms with Crippen LogP contribution in [0.2, 0.25) is 0 Å². The van der Waals surface area contributed by atoms with Crippen molar-refractivity contribution in [3.05, 3.63) is 54.6 Å². The molecule has 114 valence electrons. The lowest BCUT2D eigenvalue weighted by atomic mass is 9.93. The summed E-state index contributed by atoms with van der Waals surface area (Å²) in [6.45, 7) is 3.24. The molecule has 2 aliphatic heterocycles. The molecular weight excluding hydrogens is 294 g/mol. The number of ether oxygens (including phenoxy) is 1. The Kier molecular flexibility index (Phi) is 3.76. The molecule has 0 saturated carbocycles. The third-order valence-electron chi connectivity index (χ3n) is 4.25. The molecule has 2 aliphatic rings. The van der Waals surface area contributed by atoms with Gasteiger partial charge in [0.2, 0.25) is 0 Å². The lowest BCUT2D eigenvalue weighted by molar-refractivity contribution is 0.0909. The first-order valence-corrected chi connectivity index (χ1v) is 8.63. The predicted octanol–water partition coefficient (Wildman–Crippen LogP) is 2.62. The monoisotopic (exact) mass is 313 g/mol. The summed E-state index contributed by atoms with van der Waals surface area (Å²) in [4.78, 5) is 11.0. The van der Waals surface area contributed by atoms with Crippen molar-refractivity contribution in [2.24, 2.45) is 0 Å². The van der Waals surface area contributed by atoms with Crippen molar-refractivity contribution in [2.45, 2.75) is 23.8 Å². The van der Waals surface area contributed by atoms with Crippen molar-refractivity contribution in [3.8, 4) is 5.75 Å². The van der Waals surface area contributed by atoms with Crippen LogP contribution in [0.1, 0.15) is 12.1 Å². The fourth-order valence-corrected chi connectivity index (χ4v) is 4.89. The number of likely N-dealkylation sites (tertiary alicyclic amines) is 1. The van der Waals surface area contributed by atoms with E-state index in [4.69, 9.17) is 4.74 Å². The summed E-state index contributed by atoms with van der Waals surface area (Å²) >= 11 is 2.07. The normalized spacial score (nSPS) is 23.4. The van der Waals surface area contributed by atoms with Crippen molar-refractivity contribution >= 4 is 11.8 Å². The highest BCUT2D eigenvalue weighted by Crippen LogP contribution is 2.46. The molecule has 0 unspecified atom stereocenters. The number of rotatable bonds is 4. The molecule has 0 radical (unpaired) electrons. The summed E-state index contributed by atoms with van der Waals surface area (Å²) in [6, 6.07) is 10.0. The Morgan fingerprint density at radius 3 is 2.95 bits per heavy atom. The van der Waals surface area contributed by atoms with Crippen LogP contribution in [0.5, 0.6) is 5.75 Å². The highest BCUT2D eigenvalue weighted by atomic mass is 32.2. The highest BCUT2D eigenvalue weighted by molar-refractivity contribution is 8.01. The minimum Gasteiger partial charge on any atom is -0.488 e. The standard InChI is InChI=1S/C17H19N3OS/c1-2-7-19-14(4-1)10-20-12-17(13-20)8-16(11-22-17)21-15-5-3-6-18-9-15/h1-7,9,16H,8,10-13H2/t16-/m1/s1. The van der Waals surface area contributed by atoms with E-state index in [-0.39, 0.29) is 0 Å². The molecule has 4 heterocycles. The van der Waals surface area contributed by atoms with Crippen molar-refractivity contribution in [3.63, 3.8) is 0 Å². The molecule has 5 heteroatoms. The van der Waals surface area contributed by atoms with Crippen LogP contribution in [0, 0.1) is 0 Å². The van der Waals surface area contributed by atoms with Crippen LogP contribution in [-0.4, -0.2) is 44.6 Å². The maximum Gasteiger partial charge on any atom is 0.138 e. The average Bonchev–Trinajstić information content (AvgIpc) is 2.93. The molecule has 22 heavy (non-hydrogen) atoms. The summed E-state index contributed by atoms with van der Waals surface area (Å²) in [6.07, 6.45) is 6.88. The van der Waals surface area contributed by atoms with Gasteiger partial charge in [-0.1, -0.05) is 6.07 Å². The maximum absolute atomic E-state index is 6.05. The van der Waals surface area contributed by atoms with Gasteiger partial charge in [-0.2, -0.15) is 0 Å². The van der Waals surface area contributed by atoms with Gasteiger partial charge >= 0.3 is 0 Å². The molecule has 0 aromatic carbocycles. The number of nitrogens with zero attached hydrogens (tertiary/aromatic N) is 3. The fourth-order valence-electron chi connectivity index (χ4n) is 3.31. The van der Waals surface area contributed by atoms with Gasteiger partial charge in [-0.25, -0.2) is 0 Å². The lowest BCUT2D eigenvalue weighted by Crippen LogP contribution is -2.58. The zero-order valence-electron chi connectivity index (χ0n) is 12.4. The first-order valence-electron chi connectivity index (χ1n) is 7.64. The van der Waals surface area contributed by atoms with Crippen LogP contribution in [0.15, 0.2) is 48.9 Å². The van der Waals surface area contributed by atoms with Crippen LogP contribution < -0.4 is 4.74 Å².